The van der Waals surface area contributed by atoms with Crippen molar-refractivity contribution in [3.05, 3.63) is 0 Å². The van der Waals surface area contributed by atoms with Crippen LogP contribution < -0.4 is 0 Å². The Balaban J connectivity index is 1.00. The van der Waals surface area contributed by atoms with Gasteiger partial charge >= 0.3 is 0 Å². The number of hydrogen-bond donors (Lipinski definition) is 0. The molecule has 44 heavy (non-hydrogen) atoms. The molecular weight excluding hydrogens is 556 g/mol. The largest absolute Gasteiger partial charge is 0.378 e. The van der Waals surface area contributed by atoms with E-state index >= 15 is 0 Å². The first-order chi connectivity index (χ1) is 20.9. The van der Waals surface area contributed by atoms with Gasteiger partial charge in [-0.3, -0.25) is 14.5 Å². The van der Waals surface area contributed by atoms with E-state index in [0.29, 0.717) is 34.6 Å². The van der Waals surface area contributed by atoms with Gasteiger partial charge in [0.15, 0.2) is 6.29 Å². The lowest BCUT2D eigenvalue weighted by Gasteiger charge is -2.63. The highest BCUT2D eigenvalue weighted by atomic mass is 16.7. The minimum absolute atomic E-state index is 0.0364. The van der Waals surface area contributed by atoms with E-state index in [1.807, 2.05) is 0 Å². The molecule has 3 heterocycles. The third kappa shape index (κ3) is 3.93. The van der Waals surface area contributed by atoms with Gasteiger partial charge in [0, 0.05) is 13.6 Å². The van der Waals surface area contributed by atoms with Crippen LogP contribution in [0.15, 0.2) is 0 Å². The van der Waals surface area contributed by atoms with Crippen molar-refractivity contribution in [3.63, 3.8) is 0 Å². The predicted molar refractivity (Wildman–Crippen MR) is 165 cm³/mol. The Hall–Kier alpha value is -0.770. The van der Waals surface area contributed by atoms with Crippen LogP contribution in [-0.4, -0.2) is 93.6 Å². The minimum atomic E-state index is -0.390. The third-order valence-electron chi connectivity index (χ3n) is 16.0. The Morgan fingerprint density at radius 3 is 2.45 bits per heavy atom. The van der Waals surface area contributed by atoms with Gasteiger partial charge in [0.2, 0.25) is 0 Å². The lowest BCUT2D eigenvalue weighted by Crippen LogP contribution is -2.59. The Labute approximate surface area is 265 Å². The van der Waals surface area contributed by atoms with Gasteiger partial charge in [-0.1, -0.05) is 34.6 Å². The highest BCUT2D eigenvalue weighted by Crippen LogP contribution is 2.89. The number of hydroxylamine groups is 2. The molecule has 2 spiro atoms. The molecule has 12 atom stereocenters. The standard InChI is InChI=1S/C36H58N2O6/c1-22-16-24(31(39)37(6)40-7)43-25-17-34(5)27-9-8-26-32(2,3)28(44-29-18-38(14-15-42-29)23-19-41-20-23)10-11-35(26)21-36(27,35)13-12-33(34,4)30(22)25/h22-30H,8-21H2,1-7H3/t22-,24?,25?,26?,27+,28+,29?,30?,33-,34+,35-,36+/m1/s1. The van der Waals surface area contributed by atoms with Crippen molar-refractivity contribution in [1.29, 1.82) is 0 Å². The zero-order valence-electron chi connectivity index (χ0n) is 28.4. The zero-order chi connectivity index (χ0) is 30.9. The van der Waals surface area contributed by atoms with Crippen LogP contribution in [0.1, 0.15) is 92.4 Å². The second kappa shape index (κ2) is 10.1. The number of carbonyl (C=O) groups excluding carboxylic acids is 1. The van der Waals surface area contributed by atoms with Gasteiger partial charge < -0.3 is 18.9 Å². The fourth-order valence-electron chi connectivity index (χ4n) is 13.7. The van der Waals surface area contributed by atoms with Gasteiger partial charge in [0.1, 0.15) is 6.10 Å². The van der Waals surface area contributed by atoms with Crippen LogP contribution in [0.2, 0.25) is 0 Å². The van der Waals surface area contributed by atoms with Crippen molar-refractivity contribution >= 4 is 5.91 Å². The summed E-state index contributed by atoms with van der Waals surface area (Å²) in [4.78, 5) is 20.9. The summed E-state index contributed by atoms with van der Waals surface area (Å²) in [7, 11) is 3.27. The lowest BCUT2D eigenvalue weighted by molar-refractivity contribution is -0.255. The fourth-order valence-corrected chi connectivity index (χ4v) is 13.7. The average Bonchev–Trinajstić information content (AvgIpc) is 3.56. The van der Waals surface area contributed by atoms with E-state index in [2.05, 4.69) is 39.5 Å². The molecule has 5 aliphatic carbocycles. The normalized spacial score (nSPS) is 52.9. The quantitative estimate of drug-likeness (QED) is 0.390. The van der Waals surface area contributed by atoms with Crippen molar-refractivity contribution in [2.45, 2.75) is 123 Å². The lowest BCUT2D eigenvalue weighted by atomic mass is 9.41. The third-order valence-corrected chi connectivity index (χ3v) is 16.0. The molecule has 8 rings (SSSR count). The Bertz CT molecular complexity index is 1160. The van der Waals surface area contributed by atoms with Crippen LogP contribution in [0.3, 0.4) is 0 Å². The van der Waals surface area contributed by atoms with Gasteiger partial charge in [-0.15, -0.1) is 0 Å². The van der Waals surface area contributed by atoms with E-state index in [0.717, 1.165) is 58.1 Å². The van der Waals surface area contributed by atoms with Gasteiger partial charge in [-0.25, -0.2) is 5.06 Å². The molecule has 0 aromatic carbocycles. The number of likely N-dealkylation sites (N-methyl/N-ethyl adjacent to an activating group) is 1. The molecule has 0 bridgehead atoms. The molecule has 1 amide bonds. The Morgan fingerprint density at radius 2 is 1.73 bits per heavy atom. The molecule has 8 heteroatoms. The number of morpholine rings is 1. The van der Waals surface area contributed by atoms with E-state index in [4.69, 9.17) is 23.8 Å². The molecule has 8 nitrogen and oxygen atoms in total. The first-order valence-electron chi connectivity index (χ1n) is 18.0. The maximum atomic E-state index is 13.1. The maximum absolute atomic E-state index is 13.1. The summed E-state index contributed by atoms with van der Waals surface area (Å²) < 4.78 is 25.4. The first kappa shape index (κ1) is 30.6. The maximum Gasteiger partial charge on any atom is 0.274 e. The van der Waals surface area contributed by atoms with E-state index in [1.54, 1.807) is 14.2 Å². The molecule has 0 aromatic rings. The number of ether oxygens (including phenoxy) is 4. The van der Waals surface area contributed by atoms with Gasteiger partial charge in [-0.05, 0) is 109 Å². The van der Waals surface area contributed by atoms with Crippen molar-refractivity contribution in [2.75, 3.05) is 47.1 Å². The zero-order valence-corrected chi connectivity index (χ0v) is 28.4. The molecule has 0 N–H and O–H groups in total. The number of rotatable bonds is 5. The van der Waals surface area contributed by atoms with E-state index < -0.39 is 0 Å². The van der Waals surface area contributed by atoms with E-state index in [9.17, 15) is 4.79 Å². The molecule has 0 aromatic heterocycles. The van der Waals surface area contributed by atoms with Crippen LogP contribution in [0, 0.1) is 50.7 Å². The smallest absolute Gasteiger partial charge is 0.274 e. The topological polar surface area (TPSA) is 69.7 Å². The van der Waals surface area contributed by atoms with Crippen molar-refractivity contribution in [1.82, 2.24) is 9.96 Å². The van der Waals surface area contributed by atoms with Crippen molar-refractivity contribution in [3.8, 4) is 0 Å². The van der Waals surface area contributed by atoms with Crippen molar-refractivity contribution in [2.24, 2.45) is 50.7 Å². The molecule has 8 fully saturated rings. The summed E-state index contributed by atoms with van der Waals surface area (Å²) in [5, 5.41) is 1.36. The molecule has 3 aliphatic heterocycles. The van der Waals surface area contributed by atoms with Crippen LogP contribution in [0.5, 0.6) is 0 Å². The summed E-state index contributed by atoms with van der Waals surface area (Å²) in [6.45, 7) is 17.0. The van der Waals surface area contributed by atoms with Crippen LogP contribution in [0.4, 0.5) is 0 Å². The Kier molecular flexibility index (Phi) is 7.03. The summed E-state index contributed by atoms with van der Waals surface area (Å²) in [6.07, 6.45) is 11.0. The average molecular weight is 615 g/mol. The summed E-state index contributed by atoms with van der Waals surface area (Å²) in [6, 6.07) is 0.540. The van der Waals surface area contributed by atoms with E-state index in [1.165, 1.54) is 43.6 Å². The molecule has 5 saturated carbocycles. The van der Waals surface area contributed by atoms with Crippen molar-refractivity contribution < 1.29 is 28.6 Å². The monoisotopic (exact) mass is 614 g/mol. The number of nitrogens with zero attached hydrogens (tertiary/aromatic N) is 2. The predicted octanol–water partition coefficient (Wildman–Crippen LogP) is 5.29. The fraction of sp³-hybridized carbons (Fsp3) is 0.972. The molecule has 5 unspecified atom stereocenters. The SMILES string of the molecule is CON(C)C(=O)C1C[C@@H](C)C2C(C[C@@]3(C)[C@@H]4CCC5C(C)(C)[C@@H](OC6CN(C7COC7)CCO6)CC[C@@]56C[C@@]46CC[C@]23C)O1. The highest BCUT2D eigenvalue weighted by molar-refractivity contribution is 5.79. The second-order valence-electron chi connectivity index (χ2n) is 17.6. The van der Waals surface area contributed by atoms with Crippen LogP contribution in [-0.2, 0) is 28.6 Å². The van der Waals surface area contributed by atoms with Gasteiger partial charge in [-0.2, -0.15) is 0 Å². The van der Waals surface area contributed by atoms with E-state index in [-0.39, 0.29) is 46.8 Å². The van der Waals surface area contributed by atoms with Crippen LogP contribution >= 0.6 is 0 Å². The molecule has 8 aliphatic rings. The molecular formula is C36H58N2O6. The minimum Gasteiger partial charge on any atom is -0.378 e. The number of amides is 1. The highest BCUT2D eigenvalue weighted by Gasteiger charge is 2.83. The van der Waals surface area contributed by atoms with Gasteiger partial charge in [0.05, 0.1) is 51.7 Å². The summed E-state index contributed by atoms with van der Waals surface area (Å²) in [5.74, 6) is 2.42. The molecule has 248 valence electrons. The second-order valence-corrected chi connectivity index (χ2v) is 17.6. The number of carbonyl (C=O) groups is 1. The summed E-state index contributed by atoms with van der Waals surface area (Å²) >= 11 is 0. The molecule has 0 radical (unpaired) electrons. The van der Waals surface area contributed by atoms with Crippen LogP contribution in [0.25, 0.3) is 0 Å². The first-order valence-corrected chi connectivity index (χ1v) is 18.0. The Morgan fingerprint density at radius 1 is 0.977 bits per heavy atom. The van der Waals surface area contributed by atoms with Gasteiger partial charge in [0.25, 0.3) is 5.91 Å². The number of hydrogen-bond acceptors (Lipinski definition) is 7. The number of fused-ring (bicyclic) bond motifs is 4. The molecule has 3 saturated heterocycles. The summed E-state index contributed by atoms with van der Waals surface area (Å²) in [5.41, 5.74) is 1.58.